The lowest BCUT2D eigenvalue weighted by Gasteiger charge is -2.05. The summed E-state index contributed by atoms with van der Waals surface area (Å²) >= 11 is 0. The average molecular weight is 130 g/mol. The molecule has 1 radical (unpaired) electrons. The van der Waals surface area contributed by atoms with Crippen molar-refractivity contribution in [2.45, 2.75) is 0 Å². The van der Waals surface area contributed by atoms with Gasteiger partial charge in [-0.3, -0.25) is 9.59 Å². The van der Waals surface area contributed by atoms with Crippen LogP contribution in [0.1, 0.15) is 0 Å². The summed E-state index contributed by atoms with van der Waals surface area (Å²) in [5.41, 5.74) is 0. The predicted octanol–water partition coefficient (Wildman–Crippen LogP) is -0.842. The second kappa shape index (κ2) is 3.88. The number of esters is 1. The number of rotatable bonds is 3. The number of hydrogen-bond donors (Lipinski definition) is 0. The summed E-state index contributed by atoms with van der Waals surface area (Å²) in [7, 11) is 2.71. The zero-order chi connectivity index (χ0) is 7.28. The van der Waals surface area contributed by atoms with Gasteiger partial charge in [-0.2, -0.15) is 0 Å². The molecule has 4 nitrogen and oxygen atoms in total. The van der Waals surface area contributed by atoms with Crippen LogP contribution in [0.25, 0.3) is 0 Å². The van der Waals surface area contributed by atoms with E-state index in [0.29, 0.717) is 0 Å². The maximum Gasteiger partial charge on any atom is 0.325 e. The Hall–Kier alpha value is -1.06. The van der Waals surface area contributed by atoms with Crippen LogP contribution in [0, 0.1) is 0 Å². The summed E-state index contributed by atoms with van der Waals surface area (Å²) in [6.45, 7) is -0.0417. The lowest BCUT2D eigenvalue weighted by molar-refractivity contribution is -0.140. The van der Waals surface area contributed by atoms with Gasteiger partial charge in [-0.05, 0) is 0 Å². The van der Waals surface area contributed by atoms with Gasteiger partial charge >= 0.3 is 12.4 Å². The van der Waals surface area contributed by atoms with Gasteiger partial charge < -0.3 is 9.64 Å². The fraction of sp³-hybridized carbons (Fsp3) is 0.600. The minimum absolute atomic E-state index is 0.0417. The van der Waals surface area contributed by atoms with Crippen molar-refractivity contribution in [1.29, 1.82) is 0 Å². The molecule has 0 atom stereocenters. The number of ether oxygens (including phenoxy) is 1. The number of hydrogen-bond acceptors (Lipinski definition) is 3. The maximum atomic E-state index is 10.3. The molecular weight excluding hydrogens is 122 g/mol. The first-order valence-corrected chi connectivity index (χ1v) is 2.36. The molecule has 0 fully saturated rings. The van der Waals surface area contributed by atoms with Crippen LogP contribution in [0.3, 0.4) is 0 Å². The van der Waals surface area contributed by atoms with E-state index in [9.17, 15) is 9.59 Å². The Morgan fingerprint density at radius 1 is 1.78 bits per heavy atom. The number of methoxy groups -OCH3 is 1. The van der Waals surface area contributed by atoms with Gasteiger partial charge in [0.1, 0.15) is 6.54 Å². The zero-order valence-electron chi connectivity index (χ0n) is 5.38. The molecule has 0 aromatic rings. The lowest BCUT2D eigenvalue weighted by Crippen LogP contribution is -2.24. The van der Waals surface area contributed by atoms with E-state index < -0.39 is 5.97 Å². The van der Waals surface area contributed by atoms with Crippen LogP contribution >= 0.6 is 0 Å². The normalized spacial score (nSPS) is 8.22. The molecule has 0 aliphatic carbocycles. The topological polar surface area (TPSA) is 46.6 Å². The highest BCUT2D eigenvalue weighted by atomic mass is 16.5. The molecule has 0 saturated heterocycles. The summed E-state index contributed by atoms with van der Waals surface area (Å²) < 4.78 is 4.26. The van der Waals surface area contributed by atoms with Crippen molar-refractivity contribution in [3.8, 4) is 0 Å². The summed E-state index contributed by atoms with van der Waals surface area (Å²) in [6, 6.07) is 0. The molecule has 4 heteroatoms. The van der Waals surface area contributed by atoms with Gasteiger partial charge in [0, 0.05) is 7.05 Å². The van der Waals surface area contributed by atoms with E-state index in [4.69, 9.17) is 0 Å². The van der Waals surface area contributed by atoms with Crippen LogP contribution in [0.4, 0.5) is 0 Å². The molecular formula is C5H8NO3. The van der Waals surface area contributed by atoms with Crippen molar-refractivity contribution >= 4 is 12.4 Å². The molecule has 0 saturated carbocycles. The minimum Gasteiger partial charge on any atom is -0.468 e. The number of amides is 1. The Balaban J connectivity index is 3.46. The Bertz CT molecular complexity index is 113. The van der Waals surface area contributed by atoms with E-state index in [1.165, 1.54) is 20.6 Å². The molecule has 0 unspecified atom stereocenters. The average Bonchev–Trinajstić information content (AvgIpc) is 1.87. The molecule has 0 bridgehead atoms. The fourth-order valence-electron chi connectivity index (χ4n) is 0.290. The monoisotopic (exact) mass is 130 g/mol. The van der Waals surface area contributed by atoms with Crippen molar-refractivity contribution in [3.63, 3.8) is 0 Å². The molecule has 0 N–H and O–H groups in total. The summed E-state index contributed by atoms with van der Waals surface area (Å²) in [4.78, 5) is 21.2. The third-order valence-corrected chi connectivity index (χ3v) is 0.750. The van der Waals surface area contributed by atoms with Crippen LogP contribution in [0.2, 0.25) is 0 Å². The van der Waals surface area contributed by atoms with E-state index >= 15 is 0 Å². The highest BCUT2D eigenvalue weighted by Gasteiger charge is 2.02. The second-order valence-electron chi connectivity index (χ2n) is 1.52. The molecule has 0 heterocycles. The predicted molar refractivity (Wildman–Crippen MR) is 30.3 cm³/mol. The quantitative estimate of drug-likeness (QED) is 0.369. The first kappa shape index (κ1) is 7.94. The van der Waals surface area contributed by atoms with Crippen molar-refractivity contribution < 1.29 is 14.3 Å². The molecule has 0 aliphatic heterocycles. The fourth-order valence-corrected chi connectivity index (χ4v) is 0.290. The van der Waals surface area contributed by atoms with Gasteiger partial charge in [0.25, 0.3) is 0 Å². The Kier molecular flexibility index (Phi) is 3.43. The number of carbonyl (C=O) groups is 1. The van der Waals surface area contributed by atoms with Crippen LogP contribution in [-0.4, -0.2) is 38.0 Å². The van der Waals surface area contributed by atoms with Gasteiger partial charge in [-0.25, -0.2) is 0 Å². The number of carbonyl (C=O) groups excluding carboxylic acids is 2. The molecule has 51 valence electrons. The number of likely N-dealkylation sites (N-methyl/N-ethyl adjacent to an activating group) is 1. The summed E-state index contributed by atoms with van der Waals surface area (Å²) in [5.74, 6) is -0.444. The summed E-state index contributed by atoms with van der Waals surface area (Å²) in [6.07, 6.45) is 1.51. The highest BCUT2D eigenvalue weighted by molar-refractivity contribution is 5.73. The maximum absolute atomic E-state index is 10.3. The van der Waals surface area contributed by atoms with E-state index in [-0.39, 0.29) is 6.54 Å². The van der Waals surface area contributed by atoms with Crippen molar-refractivity contribution in [1.82, 2.24) is 4.90 Å². The van der Waals surface area contributed by atoms with Crippen LogP contribution in [0.15, 0.2) is 0 Å². The SMILES string of the molecule is COC(=O)CN(C)[C]=O. The van der Waals surface area contributed by atoms with Gasteiger partial charge in [0.15, 0.2) is 0 Å². The van der Waals surface area contributed by atoms with Gasteiger partial charge in [0.2, 0.25) is 0 Å². The molecule has 9 heavy (non-hydrogen) atoms. The van der Waals surface area contributed by atoms with Crippen LogP contribution < -0.4 is 0 Å². The molecule has 0 aromatic heterocycles. The van der Waals surface area contributed by atoms with E-state index in [1.54, 1.807) is 0 Å². The summed E-state index contributed by atoms with van der Waals surface area (Å²) in [5, 5.41) is 0. The van der Waals surface area contributed by atoms with E-state index in [1.807, 2.05) is 0 Å². The van der Waals surface area contributed by atoms with E-state index in [2.05, 4.69) is 4.74 Å². The first-order valence-electron chi connectivity index (χ1n) is 2.36. The second-order valence-corrected chi connectivity index (χ2v) is 1.52. The Morgan fingerprint density at radius 3 is 2.67 bits per heavy atom. The first-order chi connectivity index (χ1) is 4.20. The van der Waals surface area contributed by atoms with Crippen LogP contribution in [-0.2, 0) is 14.3 Å². The van der Waals surface area contributed by atoms with Crippen molar-refractivity contribution in [3.05, 3.63) is 0 Å². The van der Waals surface area contributed by atoms with Gasteiger partial charge in [-0.1, -0.05) is 0 Å². The number of nitrogens with zero attached hydrogens (tertiary/aromatic N) is 1. The molecule has 1 amide bonds. The van der Waals surface area contributed by atoms with Crippen molar-refractivity contribution in [2.75, 3.05) is 20.7 Å². The van der Waals surface area contributed by atoms with Crippen LogP contribution in [0.5, 0.6) is 0 Å². The molecule has 0 aliphatic rings. The molecule has 0 aromatic carbocycles. The standard InChI is InChI=1S/C5H8NO3/c1-6(4-7)3-5(8)9-2/h3H2,1-2H3. The lowest BCUT2D eigenvalue weighted by atomic mass is 10.6. The third-order valence-electron chi connectivity index (χ3n) is 0.750. The zero-order valence-corrected chi connectivity index (χ0v) is 5.38. The van der Waals surface area contributed by atoms with Gasteiger partial charge in [0.05, 0.1) is 7.11 Å². The van der Waals surface area contributed by atoms with Gasteiger partial charge in [-0.15, -0.1) is 0 Å². The molecule has 0 rings (SSSR count). The molecule has 0 spiro atoms. The Labute approximate surface area is 53.4 Å². The minimum atomic E-state index is -0.444. The highest BCUT2D eigenvalue weighted by Crippen LogP contribution is 1.77. The smallest absolute Gasteiger partial charge is 0.325 e. The Morgan fingerprint density at radius 2 is 2.33 bits per heavy atom. The van der Waals surface area contributed by atoms with Crippen molar-refractivity contribution in [2.24, 2.45) is 0 Å². The largest absolute Gasteiger partial charge is 0.468 e. The third kappa shape index (κ3) is 3.52. The van der Waals surface area contributed by atoms with E-state index in [0.717, 1.165) is 4.90 Å².